The van der Waals surface area contributed by atoms with E-state index >= 15 is 0 Å². The van der Waals surface area contributed by atoms with Gasteiger partial charge in [0.2, 0.25) is 0 Å². The van der Waals surface area contributed by atoms with Gasteiger partial charge in [0.15, 0.2) is 9.84 Å². The van der Waals surface area contributed by atoms with Gasteiger partial charge in [0.1, 0.15) is 5.75 Å². The van der Waals surface area contributed by atoms with E-state index in [2.05, 4.69) is 4.98 Å². The molecule has 0 aliphatic carbocycles. The molecular formula is C11H12N2O3S. The van der Waals surface area contributed by atoms with E-state index in [1.807, 2.05) is 0 Å². The Morgan fingerprint density at radius 1 is 1.41 bits per heavy atom. The molecule has 2 aromatic rings. The fourth-order valence-corrected chi connectivity index (χ4v) is 2.42. The molecule has 0 radical (unpaired) electrons. The van der Waals surface area contributed by atoms with E-state index < -0.39 is 9.84 Å². The van der Waals surface area contributed by atoms with Gasteiger partial charge >= 0.3 is 0 Å². The van der Waals surface area contributed by atoms with Crippen molar-refractivity contribution in [2.75, 3.05) is 6.26 Å². The van der Waals surface area contributed by atoms with E-state index in [0.29, 0.717) is 11.3 Å². The Morgan fingerprint density at radius 3 is 2.76 bits per heavy atom. The summed E-state index contributed by atoms with van der Waals surface area (Å²) in [5, 5.41) is 9.41. The predicted octanol–water partition coefficient (Wildman–Crippen LogP) is 1.12. The zero-order valence-electron chi connectivity index (χ0n) is 9.24. The molecule has 1 aromatic carbocycles. The smallest absolute Gasteiger partial charge is 0.151 e. The van der Waals surface area contributed by atoms with Crippen molar-refractivity contribution in [3.05, 3.63) is 42.5 Å². The van der Waals surface area contributed by atoms with Crippen LogP contribution in [0.4, 0.5) is 0 Å². The highest BCUT2D eigenvalue weighted by Crippen LogP contribution is 2.22. The molecule has 2 rings (SSSR count). The molecule has 1 heterocycles. The lowest BCUT2D eigenvalue weighted by molar-refractivity contribution is 0.474. The molecule has 1 aromatic heterocycles. The molecule has 0 spiro atoms. The summed E-state index contributed by atoms with van der Waals surface area (Å²) in [6, 6.07) is 4.63. The number of rotatable bonds is 3. The van der Waals surface area contributed by atoms with Gasteiger partial charge in [-0.05, 0) is 23.8 Å². The minimum absolute atomic E-state index is 0.0486. The van der Waals surface area contributed by atoms with Crippen LogP contribution in [-0.4, -0.2) is 29.3 Å². The number of imidazole rings is 1. The molecule has 0 amide bonds. The lowest BCUT2D eigenvalue weighted by atomic mass is 10.2. The molecule has 0 aliphatic rings. The molecule has 0 bridgehead atoms. The maximum absolute atomic E-state index is 11.3. The number of hydrogen-bond donors (Lipinski definition) is 1. The molecule has 17 heavy (non-hydrogen) atoms. The second kappa shape index (κ2) is 4.21. The normalized spacial score (nSPS) is 11.6. The van der Waals surface area contributed by atoms with Crippen molar-refractivity contribution in [3.8, 4) is 11.4 Å². The van der Waals surface area contributed by atoms with Gasteiger partial charge in [0.05, 0.1) is 17.8 Å². The van der Waals surface area contributed by atoms with Crippen LogP contribution in [0.1, 0.15) is 5.56 Å². The first-order chi connectivity index (χ1) is 7.96. The topological polar surface area (TPSA) is 72.2 Å². The van der Waals surface area contributed by atoms with Crippen LogP contribution in [0.3, 0.4) is 0 Å². The van der Waals surface area contributed by atoms with Crippen molar-refractivity contribution in [2.24, 2.45) is 0 Å². The summed E-state index contributed by atoms with van der Waals surface area (Å²) in [5.74, 6) is -0.0675. The standard InChI is InChI=1S/C11H12N2O3S/c1-17(15,16)7-9-6-10(14)2-3-11(9)13-5-4-12-8-13/h2-6,8,14H,7H2,1H3. The quantitative estimate of drug-likeness (QED) is 0.888. The van der Waals surface area contributed by atoms with Crippen molar-refractivity contribution in [3.63, 3.8) is 0 Å². The van der Waals surface area contributed by atoms with Crippen molar-refractivity contribution < 1.29 is 13.5 Å². The van der Waals surface area contributed by atoms with Crippen molar-refractivity contribution in [2.45, 2.75) is 5.75 Å². The van der Waals surface area contributed by atoms with Crippen LogP contribution >= 0.6 is 0 Å². The van der Waals surface area contributed by atoms with E-state index in [-0.39, 0.29) is 11.5 Å². The lowest BCUT2D eigenvalue weighted by Crippen LogP contribution is -2.05. The van der Waals surface area contributed by atoms with Crippen molar-refractivity contribution in [1.82, 2.24) is 9.55 Å². The fourth-order valence-electron chi connectivity index (χ4n) is 1.62. The first-order valence-corrected chi connectivity index (χ1v) is 7.00. The number of benzene rings is 1. The molecule has 0 fully saturated rings. The zero-order valence-corrected chi connectivity index (χ0v) is 10.1. The van der Waals surface area contributed by atoms with Gasteiger partial charge in [0, 0.05) is 18.6 Å². The predicted molar refractivity (Wildman–Crippen MR) is 63.8 cm³/mol. The van der Waals surface area contributed by atoms with Crippen molar-refractivity contribution in [1.29, 1.82) is 0 Å². The van der Waals surface area contributed by atoms with Crippen LogP contribution in [0.2, 0.25) is 0 Å². The third kappa shape index (κ3) is 2.85. The number of aromatic hydroxyl groups is 1. The lowest BCUT2D eigenvalue weighted by Gasteiger charge is -2.09. The highest BCUT2D eigenvalue weighted by atomic mass is 32.2. The molecule has 6 heteroatoms. The summed E-state index contributed by atoms with van der Waals surface area (Å²) < 4.78 is 24.4. The fraction of sp³-hybridized carbons (Fsp3) is 0.182. The highest BCUT2D eigenvalue weighted by molar-refractivity contribution is 7.89. The summed E-state index contributed by atoms with van der Waals surface area (Å²) >= 11 is 0. The number of phenolic OH excluding ortho intramolecular Hbond substituents is 1. The Morgan fingerprint density at radius 2 is 2.18 bits per heavy atom. The summed E-state index contributed by atoms with van der Waals surface area (Å²) in [5.41, 5.74) is 1.25. The average Bonchev–Trinajstić information content (AvgIpc) is 2.68. The maximum atomic E-state index is 11.3. The molecule has 0 unspecified atom stereocenters. The molecule has 0 saturated heterocycles. The number of phenols is 1. The van der Waals surface area contributed by atoms with E-state index in [1.54, 1.807) is 29.4 Å². The Kier molecular flexibility index (Phi) is 2.89. The van der Waals surface area contributed by atoms with Crippen LogP contribution in [0.15, 0.2) is 36.9 Å². The number of aromatic nitrogens is 2. The van der Waals surface area contributed by atoms with Gasteiger partial charge < -0.3 is 9.67 Å². The number of nitrogens with zero attached hydrogens (tertiary/aromatic N) is 2. The summed E-state index contributed by atoms with van der Waals surface area (Å²) in [6.45, 7) is 0. The van der Waals surface area contributed by atoms with Gasteiger partial charge in [-0.2, -0.15) is 0 Å². The third-order valence-corrected chi connectivity index (χ3v) is 3.10. The Hall–Kier alpha value is -1.82. The molecule has 0 atom stereocenters. The van der Waals surface area contributed by atoms with Gasteiger partial charge in [-0.3, -0.25) is 0 Å². The van der Waals surface area contributed by atoms with E-state index in [0.717, 1.165) is 6.26 Å². The minimum Gasteiger partial charge on any atom is -0.508 e. The molecule has 1 N–H and O–H groups in total. The van der Waals surface area contributed by atoms with Crippen LogP contribution < -0.4 is 0 Å². The number of sulfone groups is 1. The molecule has 0 saturated carbocycles. The molecular weight excluding hydrogens is 240 g/mol. The van der Waals surface area contributed by atoms with Gasteiger partial charge in [-0.1, -0.05) is 0 Å². The van der Waals surface area contributed by atoms with Crippen LogP contribution in [-0.2, 0) is 15.6 Å². The summed E-state index contributed by atoms with van der Waals surface area (Å²) in [4.78, 5) is 3.91. The average molecular weight is 252 g/mol. The molecule has 5 nitrogen and oxygen atoms in total. The highest BCUT2D eigenvalue weighted by Gasteiger charge is 2.11. The minimum atomic E-state index is -3.15. The Bertz CT molecular complexity index is 618. The van der Waals surface area contributed by atoms with Crippen LogP contribution in [0.5, 0.6) is 5.75 Å². The summed E-state index contributed by atoms with van der Waals surface area (Å²) in [6.07, 6.45) is 6.07. The SMILES string of the molecule is CS(=O)(=O)Cc1cc(O)ccc1-n1ccnc1. The second-order valence-electron chi connectivity index (χ2n) is 3.85. The Balaban J connectivity index is 2.52. The zero-order chi connectivity index (χ0) is 12.5. The first-order valence-electron chi connectivity index (χ1n) is 4.94. The van der Waals surface area contributed by atoms with Gasteiger partial charge in [0.25, 0.3) is 0 Å². The molecule has 90 valence electrons. The Labute approximate surface area is 99.3 Å². The monoisotopic (exact) mass is 252 g/mol. The molecule has 0 aliphatic heterocycles. The largest absolute Gasteiger partial charge is 0.508 e. The van der Waals surface area contributed by atoms with E-state index in [1.165, 1.54) is 12.1 Å². The van der Waals surface area contributed by atoms with Crippen LogP contribution in [0.25, 0.3) is 5.69 Å². The third-order valence-electron chi connectivity index (χ3n) is 2.26. The number of hydrogen-bond acceptors (Lipinski definition) is 4. The van der Waals surface area contributed by atoms with E-state index in [9.17, 15) is 13.5 Å². The van der Waals surface area contributed by atoms with Gasteiger partial charge in [-0.15, -0.1) is 0 Å². The maximum Gasteiger partial charge on any atom is 0.151 e. The van der Waals surface area contributed by atoms with E-state index in [4.69, 9.17) is 0 Å². The van der Waals surface area contributed by atoms with Crippen LogP contribution in [0, 0.1) is 0 Å². The first kappa shape index (κ1) is 11.7. The summed E-state index contributed by atoms with van der Waals surface area (Å²) in [7, 11) is -3.15. The van der Waals surface area contributed by atoms with Crippen molar-refractivity contribution >= 4 is 9.84 Å². The second-order valence-corrected chi connectivity index (χ2v) is 5.99. The van der Waals surface area contributed by atoms with Gasteiger partial charge in [-0.25, -0.2) is 13.4 Å².